The van der Waals surface area contributed by atoms with Crippen molar-refractivity contribution in [3.8, 4) is 0 Å². The highest BCUT2D eigenvalue weighted by atomic mass is 31.2. The normalized spacial score (nSPS) is 14.5. The predicted molar refractivity (Wildman–Crippen MR) is 254 cm³/mol. The number of phosphoric acid groups is 1. The highest BCUT2D eigenvalue weighted by molar-refractivity contribution is 7.47. The number of hydrogen-bond donors (Lipinski definition) is 3. The number of amides is 1. The minimum atomic E-state index is -4.35. The van der Waals surface area contributed by atoms with E-state index in [1.165, 1.54) is 161 Å². The number of unbranched alkanes of at least 4 members (excludes halogenated alkanes) is 28. The molecule has 0 radical (unpaired) electrons. The monoisotopic (exact) mass is 854 g/mol. The summed E-state index contributed by atoms with van der Waals surface area (Å²) in [5.74, 6) is -0.190. The molecule has 9 heteroatoms. The maximum atomic E-state index is 12.9. The third-order valence-corrected chi connectivity index (χ3v) is 12.1. The van der Waals surface area contributed by atoms with E-state index in [1.807, 2.05) is 27.2 Å². The van der Waals surface area contributed by atoms with E-state index in [0.717, 1.165) is 44.9 Å². The molecule has 0 spiro atoms. The summed E-state index contributed by atoms with van der Waals surface area (Å²) < 4.78 is 23.6. The summed E-state index contributed by atoms with van der Waals surface area (Å²) in [7, 11) is 1.55. The molecule has 3 unspecified atom stereocenters. The van der Waals surface area contributed by atoms with Gasteiger partial charge in [-0.1, -0.05) is 211 Å². The molecule has 3 N–H and O–H groups in total. The molecule has 0 aliphatic heterocycles. The van der Waals surface area contributed by atoms with E-state index in [-0.39, 0.29) is 19.1 Å². The minimum Gasteiger partial charge on any atom is -0.387 e. The molecule has 3 atom stereocenters. The quantitative estimate of drug-likeness (QED) is 0.0244. The average molecular weight is 854 g/mol. The van der Waals surface area contributed by atoms with Crippen LogP contribution in [0.15, 0.2) is 36.5 Å². The van der Waals surface area contributed by atoms with Crippen molar-refractivity contribution < 1.29 is 32.9 Å². The number of carbonyl (C=O) groups excluding carboxylic acids is 1. The smallest absolute Gasteiger partial charge is 0.387 e. The van der Waals surface area contributed by atoms with Crippen LogP contribution in [-0.4, -0.2) is 73.4 Å². The molecular formula is C50H98N2O6P+. The van der Waals surface area contributed by atoms with Gasteiger partial charge in [0.25, 0.3) is 0 Å². The molecule has 0 bridgehead atoms. The summed E-state index contributed by atoms with van der Waals surface area (Å²) in [5.41, 5.74) is 0. The molecule has 0 aromatic rings. The summed E-state index contributed by atoms with van der Waals surface area (Å²) in [6, 6.07) is -0.866. The van der Waals surface area contributed by atoms with Gasteiger partial charge in [0, 0.05) is 6.42 Å². The van der Waals surface area contributed by atoms with Crippen molar-refractivity contribution in [3.63, 3.8) is 0 Å². The lowest BCUT2D eigenvalue weighted by atomic mass is 10.0. The number of aliphatic hydroxyl groups excluding tert-OH is 1. The fourth-order valence-corrected chi connectivity index (χ4v) is 7.87. The summed E-state index contributed by atoms with van der Waals surface area (Å²) in [6.07, 6.45) is 52.3. The number of quaternary nitrogens is 1. The van der Waals surface area contributed by atoms with Crippen LogP contribution in [0.5, 0.6) is 0 Å². The largest absolute Gasteiger partial charge is 0.472 e. The van der Waals surface area contributed by atoms with E-state index in [0.29, 0.717) is 17.4 Å². The molecule has 0 heterocycles. The Morgan fingerprint density at radius 1 is 0.559 bits per heavy atom. The molecular weight excluding hydrogens is 756 g/mol. The van der Waals surface area contributed by atoms with Crippen LogP contribution in [0.25, 0.3) is 0 Å². The molecule has 0 aliphatic rings. The summed E-state index contributed by atoms with van der Waals surface area (Å²) >= 11 is 0. The van der Waals surface area contributed by atoms with E-state index in [9.17, 15) is 19.4 Å². The molecule has 59 heavy (non-hydrogen) atoms. The first-order chi connectivity index (χ1) is 28.5. The van der Waals surface area contributed by atoms with Crippen molar-refractivity contribution in [2.24, 2.45) is 0 Å². The Morgan fingerprint density at radius 2 is 0.932 bits per heavy atom. The first-order valence-electron chi connectivity index (χ1n) is 24.9. The van der Waals surface area contributed by atoms with Gasteiger partial charge in [-0.2, -0.15) is 0 Å². The fraction of sp³-hybridized carbons (Fsp3) is 0.860. The van der Waals surface area contributed by atoms with Crippen molar-refractivity contribution in [1.82, 2.24) is 5.32 Å². The number of likely N-dealkylation sites (N-methyl/N-ethyl adjacent to an activating group) is 1. The van der Waals surface area contributed by atoms with Gasteiger partial charge in [-0.25, -0.2) is 4.57 Å². The van der Waals surface area contributed by atoms with Gasteiger partial charge in [-0.15, -0.1) is 0 Å². The Labute approximate surface area is 366 Å². The molecule has 0 fully saturated rings. The van der Waals surface area contributed by atoms with Crippen LogP contribution in [-0.2, 0) is 18.4 Å². The number of aliphatic hydroxyl groups is 1. The fourth-order valence-electron chi connectivity index (χ4n) is 7.13. The van der Waals surface area contributed by atoms with Crippen molar-refractivity contribution in [3.05, 3.63) is 36.5 Å². The molecule has 0 saturated heterocycles. The topological polar surface area (TPSA) is 105 Å². The van der Waals surface area contributed by atoms with E-state index in [2.05, 4.69) is 43.5 Å². The standard InChI is InChI=1S/C50H97N2O6P/c1-6-8-10-12-14-16-18-20-21-22-23-24-25-26-27-28-29-30-32-33-35-37-39-41-43-49(53)48(47-58-59(55,56)57-46-45-52(3,4)5)51-50(54)44-42-40-38-36-34-31-19-17-15-13-11-9-7-2/h28-29,33,35,41,43,48-49,53H,6-27,30-32,34,36-40,42,44-47H2,1-5H3,(H-,51,54,55,56)/p+1/b29-28+,35-33+,43-41+. The Balaban J connectivity index is 4.36. The van der Waals surface area contributed by atoms with Crippen molar-refractivity contribution in [1.29, 1.82) is 0 Å². The lowest BCUT2D eigenvalue weighted by molar-refractivity contribution is -0.870. The van der Waals surface area contributed by atoms with Crippen molar-refractivity contribution in [2.75, 3.05) is 40.9 Å². The van der Waals surface area contributed by atoms with Crippen molar-refractivity contribution in [2.45, 2.75) is 238 Å². The molecule has 8 nitrogen and oxygen atoms in total. The molecule has 0 saturated carbocycles. The minimum absolute atomic E-state index is 0.0547. The number of nitrogens with zero attached hydrogens (tertiary/aromatic N) is 1. The Morgan fingerprint density at radius 3 is 1.36 bits per heavy atom. The van der Waals surface area contributed by atoms with Crippen LogP contribution < -0.4 is 5.32 Å². The zero-order valence-electron chi connectivity index (χ0n) is 39.5. The number of allylic oxidation sites excluding steroid dienone is 5. The van der Waals surface area contributed by atoms with E-state index in [4.69, 9.17) is 9.05 Å². The number of phosphoric ester groups is 1. The van der Waals surface area contributed by atoms with E-state index < -0.39 is 20.0 Å². The second-order valence-corrected chi connectivity index (χ2v) is 19.6. The van der Waals surface area contributed by atoms with Gasteiger partial charge >= 0.3 is 7.82 Å². The molecule has 1 amide bonds. The van der Waals surface area contributed by atoms with E-state index in [1.54, 1.807) is 6.08 Å². The average Bonchev–Trinajstić information content (AvgIpc) is 3.19. The summed E-state index contributed by atoms with van der Waals surface area (Å²) in [5, 5.41) is 13.8. The summed E-state index contributed by atoms with van der Waals surface area (Å²) in [6.45, 7) is 4.79. The number of rotatable bonds is 45. The van der Waals surface area contributed by atoms with Crippen LogP contribution in [0.4, 0.5) is 0 Å². The van der Waals surface area contributed by atoms with Gasteiger partial charge in [0.2, 0.25) is 5.91 Å². The molecule has 348 valence electrons. The number of nitrogens with one attached hydrogen (secondary N) is 1. The first kappa shape index (κ1) is 57.7. The second kappa shape index (κ2) is 42.0. The van der Waals surface area contributed by atoms with Gasteiger partial charge in [0.15, 0.2) is 0 Å². The maximum Gasteiger partial charge on any atom is 0.472 e. The molecule has 0 aliphatic carbocycles. The van der Waals surface area contributed by atoms with Gasteiger partial charge in [-0.3, -0.25) is 13.8 Å². The number of hydrogen-bond acceptors (Lipinski definition) is 5. The number of carbonyl (C=O) groups is 1. The summed E-state index contributed by atoms with van der Waals surface area (Å²) in [4.78, 5) is 23.1. The van der Waals surface area contributed by atoms with E-state index >= 15 is 0 Å². The zero-order valence-corrected chi connectivity index (χ0v) is 40.4. The second-order valence-electron chi connectivity index (χ2n) is 18.2. The van der Waals surface area contributed by atoms with Crippen LogP contribution in [0.2, 0.25) is 0 Å². The van der Waals surface area contributed by atoms with Gasteiger partial charge < -0.3 is 19.8 Å². The lowest BCUT2D eigenvalue weighted by Gasteiger charge is -2.25. The maximum absolute atomic E-state index is 12.9. The Hall–Kier alpha value is -1.28. The van der Waals surface area contributed by atoms with Crippen LogP contribution in [0.3, 0.4) is 0 Å². The van der Waals surface area contributed by atoms with Crippen LogP contribution in [0.1, 0.15) is 226 Å². The molecule has 0 aromatic carbocycles. The van der Waals surface area contributed by atoms with Crippen LogP contribution in [0, 0.1) is 0 Å². The Kier molecular flexibility index (Phi) is 41.1. The first-order valence-corrected chi connectivity index (χ1v) is 26.4. The third kappa shape index (κ3) is 44.6. The van der Waals surface area contributed by atoms with Gasteiger partial charge in [0.05, 0.1) is 39.9 Å². The van der Waals surface area contributed by atoms with Crippen LogP contribution >= 0.6 is 7.82 Å². The van der Waals surface area contributed by atoms with Gasteiger partial charge in [-0.05, 0) is 44.9 Å². The Bertz CT molecular complexity index is 1060. The van der Waals surface area contributed by atoms with Gasteiger partial charge in [0.1, 0.15) is 13.2 Å². The highest BCUT2D eigenvalue weighted by Crippen LogP contribution is 2.43. The van der Waals surface area contributed by atoms with Crippen molar-refractivity contribution >= 4 is 13.7 Å². The SMILES string of the molecule is CCCCCCCCCCCCCCCC/C=C/CC/C=C/CC/C=C/C(O)C(COP(=O)(O)OCC[N+](C)(C)C)NC(=O)CCCCCCCCCCCCCCC. The predicted octanol–water partition coefficient (Wildman–Crippen LogP) is 14.3. The molecule has 0 aromatic heterocycles. The lowest BCUT2D eigenvalue weighted by Crippen LogP contribution is -2.45. The molecule has 0 rings (SSSR count). The zero-order chi connectivity index (χ0) is 43.6. The third-order valence-electron chi connectivity index (χ3n) is 11.1. The highest BCUT2D eigenvalue weighted by Gasteiger charge is 2.27.